The molecule has 0 spiro atoms. The highest BCUT2D eigenvalue weighted by atomic mass is 14.9. The molecule has 16 heavy (non-hydrogen) atoms. The van der Waals surface area contributed by atoms with Gasteiger partial charge in [0.15, 0.2) is 0 Å². The molecule has 0 saturated carbocycles. The van der Waals surface area contributed by atoms with Crippen molar-refractivity contribution in [3.05, 3.63) is 0 Å². The number of hydrogen-bond acceptors (Lipinski definition) is 2. The minimum Gasteiger partial charge on any atom is -0.330 e. The summed E-state index contributed by atoms with van der Waals surface area (Å²) in [4.78, 5) is 0. The first-order valence-corrected chi connectivity index (χ1v) is 7.12. The molecule has 0 saturated heterocycles. The van der Waals surface area contributed by atoms with Crippen LogP contribution in [-0.2, 0) is 0 Å². The fraction of sp³-hybridized carbons (Fsp3) is 1.00. The second kappa shape index (κ2) is 11.4. The smallest absolute Gasteiger partial charge is 0.00617 e. The molecule has 3 N–H and O–H groups in total. The molecule has 0 amide bonds. The van der Waals surface area contributed by atoms with Crippen molar-refractivity contribution in [2.45, 2.75) is 71.8 Å². The van der Waals surface area contributed by atoms with E-state index in [1.165, 1.54) is 51.5 Å². The van der Waals surface area contributed by atoms with Crippen molar-refractivity contribution >= 4 is 0 Å². The van der Waals surface area contributed by atoms with Gasteiger partial charge >= 0.3 is 0 Å². The first-order chi connectivity index (χ1) is 7.68. The van der Waals surface area contributed by atoms with E-state index in [0.717, 1.165) is 12.5 Å². The van der Waals surface area contributed by atoms with Gasteiger partial charge in [0.25, 0.3) is 0 Å². The maximum absolute atomic E-state index is 5.45. The summed E-state index contributed by atoms with van der Waals surface area (Å²) in [6.07, 6.45) is 9.37. The van der Waals surface area contributed by atoms with E-state index in [1.807, 2.05) is 0 Å². The van der Waals surface area contributed by atoms with Gasteiger partial charge in [0.1, 0.15) is 0 Å². The summed E-state index contributed by atoms with van der Waals surface area (Å²) in [6.45, 7) is 8.86. The Kier molecular flexibility index (Phi) is 11.3. The van der Waals surface area contributed by atoms with E-state index >= 15 is 0 Å². The Labute approximate surface area is 102 Å². The third kappa shape index (κ3) is 10.4. The molecular formula is C14H32N2. The monoisotopic (exact) mass is 228 g/mol. The van der Waals surface area contributed by atoms with Crippen molar-refractivity contribution in [3.8, 4) is 0 Å². The highest BCUT2D eigenvalue weighted by Gasteiger charge is 2.04. The van der Waals surface area contributed by atoms with Crippen LogP contribution in [-0.4, -0.2) is 19.1 Å². The van der Waals surface area contributed by atoms with Crippen molar-refractivity contribution < 1.29 is 0 Å². The van der Waals surface area contributed by atoms with Crippen molar-refractivity contribution in [2.24, 2.45) is 11.7 Å². The first-order valence-electron chi connectivity index (χ1n) is 7.12. The van der Waals surface area contributed by atoms with Crippen LogP contribution in [0.4, 0.5) is 0 Å². The topological polar surface area (TPSA) is 38.0 Å². The predicted octanol–water partition coefficient (Wildman–Crippen LogP) is 3.31. The summed E-state index contributed by atoms with van der Waals surface area (Å²) in [7, 11) is 0. The molecule has 0 radical (unpaired) electrons. The second-order valence-electron chi connectivity index (χ2n) is 5.25. The minimum absolute atomic E-state index is 0.657. The zero-order valence-corrected chi connectivity index (χ0v) is 11.6. The van der Waals surface area contributed by atoms with Crippen LogP contribution in [0.15, 0.2) is 0 Å². The Morgan fingerprint density at radius 3 is 1.81 bits per heavy atom. The van der Waals surface area contributed by atoms with Crippen LogP contribution in [0, 0.1) is 5.92 Å². The molecule has 0 aliphatic heterocycles. The van der Waals surface area contributed by atoms with E-state index in [1.54, 1.807) is 0 Å². The fourth-order valence-corrected chi connectivity index (χ4v) is 1.72. The molecule has 0 rings (SSSR count). The Bertz CT molecular complexity index is 135. The molecule has 0 aliphatic carbocycles. The molecule has 0 bridgehead atoms. The number of nitrogens with two attached hydrogens (primary N) is 1. The zero-order valence-electron chi connectivity index (χ0n) is 11.6. The SMILES string of the molecule is CC(C)C(C)NCCCCCCCCCN. The third-order valence-corrected chi connectivity index (χ3v) is 3.35. The summed E-state index contributed by atoms with van der Waals surface area (Å²) in [5.74, 6) is 0.747. The summed E-state index contributed by atoms with van der Waals surface area (Å²) >= 11 is 0. The summed E-state index contributed by atoms with van der Waals surface area (Å²) in [5, 5.41) is 3.58. The number of unbranched alkanes of at least 4 members (excludes halogenated alkanes) is 6. The highest BCUT2D eigenvalue weighted by Crippen LogP contribution is 2.06. The summed E-state index contributed by atoms with van der Waals surface area (Å²) in [6, 6.07) is 0.657. The largest absolute Gasteiger partial charge is 0.330 e. The molecule has 0 heterocycles. The lowest BCUT2D eigenvalue weighted by molar-refractivity contribution is 0.419. The van der Waals surface area contributed by atoms with Crippen molar-refractivity contribution in [2.75, 3.05) is 13.1 Å². The number of hydrogen-bond donors (Lipinski definition) is 2. The minimum atomic E-state index is 0.657. The van der Waals surface area contributed by atoms with Gasteiger partial charge in [-0.3, -0.25) is 0 Å². The lowest BCUT2D eigenvalue weighted by Crippen LogP contribution is -2.31. The van der Waals surface area contributed by atoms with Gasteiger partial charge in [-0.2, -0.15) is 0 Å². The Morgan fingerprint density at radius 1 is 0.812 bits per heavy atom. The maximum Gasteiger partial charge on any atom is 0.00617 e. The molecule has 1 unspecified atom stereocenters. The molecule has 98 valence electrons. The molecule has 0 aromatic carbocycles. The first kappa shape index (κ1) is 15.9. The Balaban J connectivity index is 3.04. The van der Waals surface area contributed by atoms with E-state index in [4.69, 9.17) is 5.73 Å². The Hall–Kier alpha value is -0.0800. The van der Waals surface area contributed by atoms with Gasteiger partial charge in [0.2, 0.25) is 0 Å². The molecule has 2 heteroatoms. The average Bonchev–Trinajstić information content (AvgIpc) is 2.26. The fourth-order valence-electron chi connectivity index (χ4n) is 1.72. The molecular weight excluding hydrogens is 196 g/mol. The van der Waals surface area contributed by atoms with E-state index in [2.05, 4.69) is 26.1 Å². The quantitative estimate of drug-likeness (QED) is 0.532. The van der Waals surface area contributed by atoms with Gasteiger partial charge < -0.3 is 11.1 Å². The van der Waals surface area contributed by atoms with E-state index in [-0.39, 0.29) is 0 Å². The summed E-state index contributed by atoms with van der Waals surface area (Å²) in [5.41, 5.74) is 5.45. The second-order valence-corrected chi connectivity index (χ2v) is 5.25. The number of rotatable bonds is 11. The predicted molar refractivity (Wildman–Crippen MR) is 73.7 cm³/mol. The van der Waals surface area contributed by atoms with Crippen LogP contribution in [0.5, 0.6) is 0 Å². The van der Waals surface area contributed by atoms with Gasteiger partial charge in [-0.25, -0.2) is 0 Å². The van der Waals surface area contributed by atoms with E-state index in [0.29, 0.717) is 6.04 Å². The van der Waals surface area contributed by atoms with Crippen LogP contribution >= 0.6 is 0 Å². The van der Waals surface area contributed by atoms with Crippen molar-refractivity contribution in [1.29, 1.82) is 0 Å². The van der Waals surface area contributed by atoms with Crippen LogP contribution < -0.4 is 11.1 Å². The maximum atomic E-state index is 5.45. The van der Waals surface area contributed by atoms with Gasteiger partial charge in [-0.05, 0) is 38.8 Å². The van der Waals surface area contributed by atoms with E-state index in [9.17, 15) is 0 Å². The van der Waals surface area contributed by atoms with Gasteiger partial charge in [-0.15, -0.1) is 0 Å². The average molecular weight is 228 g/mol. The molecule has 2 nitrogen and oxygen atoms in total. The molecule has 0 aliphatic rings. The molecule has 0 aromatic heterocycles. The van der Waals surface area contributed by atoms with Crippen molar-refractivity contribution in [3.63, 3.8) is 0 Å². The van der Waals surface area contributed by atoms with Gasteiger partial charge in [0, 0.05) is 6.04 Å². The lowest BCUT2D eigenvalue weighted by Gasteiger charge is -2.17. The van der Waals surface area contributed by atoms with E-state index < -0.39 is 0 Å². The van der Waals surface area contributed by atoms with Crippen LogP contribution in [0.3, 0.4) is 0 Å². The number of nitrogens with one attached hydrogen (secondary N) is 1. The standard InChI is InChI=1S/C14H32N2/c1-13(2)14(3)16-12-10-8-6-4-5-7-9-11-15/h13-14,16H,4-12,15H2,1-3H3. The van der Waals surface area contributed by atoms with Crippen molar-refractivity contribution in [1.82, 2.24) is 5.32 Å². The highest BCUT2D eigenvalue weighted by molar-refractivity contribution is 4.63. The van der Waals surface area contributed by atoms with Crippen LogP contribution in [0.1, 0.15) is 65.7 Å². The molecule has 0 fully saturated rings. The van der Waals surface area contributed by atoms with Gasteiger partial charge in [-0.1, -0.05) is 46.0 Å². The third-order valence-electron chi connectivity index (χ3n) is 3.35. The summed E-state index contributed by atoms with van der Waals surface area (Å²) < 4.78 is 0. The Morgan fingerprint density at radius 2 is 1.31 bits per heavy atom. The normalized spacial score (nSPS) is 13.3. The van der Waals surface area contributed by atoms with Crippen LogP contribution in [0.25, 0.3) is 0 Å². The lowest BCUT2D eigenvalue weighted by atomic mass is 10.1. The van der Waals surface area contributed by atoms with Crippen LogP contribution in [0.2, 0.25) is 0 Å². The van der Waals surface area contributed by atoms with Gasteiger partial charge in [0.05, 0.1) is 0 Å². The molecule has 1 atom stereocenters. The molecule has 0 aromatic rings. The zero-order chi connectivity index (χ0) is 12.2.